The lowest BCUT2D eigenvalue weighted by atomic mass is 10.2. The minimum atomic E-state index is -0.135. The highest BCUT2D eigenvalue weighted by Gasteiger charge is 2.19. The van der Waals surface area contributed by atoms with Crippen molar-refractivity contribution in [1.82, 2.24) is 15.3 Å². The zero-order valence-corrected chi connectivity index (χ0v) is 14.3. The number of benzene rings is 1. The Hall–Kier alpha value is -2.43. The molecule has 2 heterocycles. The third-order valence-electron chi connectivity index (χ3n) is 4.40. The Labute approximate surface area is 143 Å². The van der Waals surface area contributed by atoms with Gasteiger partial charge in [-0.1, -0.05) is 37.3 Å². The molecule has 3 rings (SSSR count). The van der Waals surface area contributed by atoms with Crippen molar-refractivity contribution < 1.29 is 4.79 Å². The molecule has 0 spiro atoms. The lowest BCUT2D eigenvalue weighted by molar-refractivity contribution is 0.0934. The van der Waals surface area contributed by atoms with Crippen molar-refractivity contribution in [3.63, 3.8) is 0 Å². The molecular weight excluding hydrogens is 300 g/mol. The van der Waals surface area contributed by atoms with Crippen LogP contribution in [0.15, 0.2) is 36.4 Å². The lowest BCUT2D eigenvalue weighted by Crippen LogP contribution is -2.33. The molecule has 2 aromatic rings. The van der Waals surface area contributed by atoms with Crippen molar-refractivity contribution in [3.8, 4) is 11.4 Å². The molecule has 5 nitrogen and oxygen atoms in total. The van der Waals surface area contributed by atoms with E-state index >= 15 is 0 Å². The molecule has 24 heavy (non-hydrogen) atoms. The quantitative estimate of drug-likeness (QED) is 0.917. The van der Waals surface area contributed by atoms with E-state index in [1.807, 2.05) is 43.3 Å². The number of aromatic nitrogens is 2. The number of carbonyl (C=O) groups is 1. The molecule has 5 heteroatoms. The maximum atomic E-state index is 12.5. The van der Waals surface area contributed by atoms with E-state index in [1.54, 1.807) is 0 Å². The first-order chi connectivity index (χ1) is 11.7. The van der Waals surface area contributed by atoms with Crippen molar-refractivity contribution in [2.75, 3.05) is 18.0 Å². The number of hydrogen-bond acceptors (Lipinski definition) is 4. The van der Waals surface area contributed by atoms with Crippen LogP contribution in [-0.4, -0.2) is 35.0 Å². The Morgan fingerprint density at radius 3 is 2.58 bits per heavy atom. The lowest BCUT2D eigenvalue weighted by Gasteiger charge is -2.18. The van der Waals surface area contributed by atoms with Crippen LogP contribution in [0.25, 0.3) is 11.4 Å². The fraction of sp³-hybridized carbons (Fsp3) is 0.421. The number of carbonyl (C=O) groups excluding carboxylic acids is 1. The van der Waals surface area contributed by atoms with E-state index in [0.717, 1.165) is 30.9 Å². The van der Waals surface area contributed by atoms with Gasteiger partial charge in [0.05, 0.1) is 0 Å². The molecule has 0 bridgehead atoms. The average Bonchev–Trinajstić information content (AvgIpc) is 3.16. The number of nitrogens with one attached hydrogen (secondary N) is 1. The van der Waals surface area contributed by atoms with E-state index in [9.17, 15) is 4.79 Å². The summed E-state index contributed by atoms with van der Waals surface area (Å²) in [5.41, 5.74) is 1.36. The van der Waals surface area contributed by atoms with Crippen LogP contribution in [0.5, 0.6) is 0 Å². The SMILES string of the molecule is CCC(C)NC(=O)c1cc(N2CCCC2)nc(-c2ccccc2)n1. The number of hydrogen-bond donors (Lipinski definition) is 1. The van der Waals surface area contributed by atoms with Crippen LogP contribution in [0.4, 0.5) is 5.82 Å². The first-order valence-corrected chi connectivity index (χ1v) is 8.67. The van der Waals surface area contributed by atoms with Crippen molar-refractivity contribution >= 4 is 11.7 Å². The fourth-order valence-electron chi connectivity index (χ4n) is 2.78. The van der Waals surface area contributed by atoms with Gasteiger partial charge in [0.1, 0.15) is 11.5 Å². The normalized spacial score (nSPS) is 15.3. The molecule has 1 aliphatic rings. The van der Waals surface area contributed by atoms with Crippen LogP contribution < -0.4 is 10.2 Å². The van der Waals surface area contributed by atoms with E-state index in [2.05, 4.69) is 22.1 Å². The Bertz CT molecular complexity index is 696. The summed E-state index contributed by atoms with van der Waals surface area (Å²) in [6.07, 6.45) is 3.22. The molecule has 126 valence electrons. The van der Waals surface area contributed by atoms with E-state index in [-0.39, 0.29) is 11.9 Å². The molecule has 0 saturated carbocycles. The summed E-state index contributed by atoms with van der Waals surface area (Å²) in [5.74, 6) is 1.31. The average molecular weight is 324 g/mol. The second-order valence-electron chi connectivity index (χ2n) is 6.28. The first kappa shape index (κ1) is 16.4. The third-order valence-corrected chi connectivity index (χ3v) is 4.40. The number of rotatable bonds is 5. The second-order valence-corrected chi connectivity index (χ2v) is 6.28. The predicted molar refractivity (Wildman–Crippen MR) is 96.1 cm³/mol. The molecule has 0 aliphatic carbocycles. The molecular formula is C19H24N4O. The summed E-state index contributed by atoms with van der Waals surface area (Å²) >= 11 is 0. The zero-order valence-electron chi connectivity index (χ0n) is 14.3. The molecule has 1 fully saturated rings. The Morgan fingerprint density at radius 2 is 1.92 bits per heavy atom. The third kappa shape index (κ3) is 3.72. The van der Waals surface area contributed by atoms with Gasteiger partial charge < -0.3 is 10.2 Å². The summed E-state index contributed by atoms with van der Waals surface area (Å²) in [5, 5.41) is 2.99. The van der Waals surface area contributed by atoms with Gasteiger partial charge in [-0.3, -0.25) is 4.79 Å². The van der Waals surface area contributed by atoms with Gasteiger partial charge >= 0.3 is 0 Å². The molecule has 1 atom stereocenters. The molecule has 1 saturated heterocycles. The highest BCUT2D eigenvalue weighted by molar-refractivity contribution is 5.93. The van der Waals surface area contributed by atoms with E-state index in [0.29, 0.717) is 11.5 Å². The number of amides is 1. The Kier molecular flexibility index (Phi) is 5.08. The fourth-order valence-corrected chi connectivity index (χ4v) is 2.78. The topological polar surface area (TPSA) is 58.1 Å². The number of anilines is 1. The van der Waals surface area contributed by atoms with Crippen LogP contribution in [0.2, 0.25) is 0 Å². The molecule has 1 unspecified atom stereocenters. The Morgan fingerprint density at radius 1 is 1.21 bits per heavy atom. The standard InChI is InChI=1S/C19H24N4O/c1-3-14(2)20-19(24)16-13-17(23-11-7-8-12-23)22-18(21-16)15-9-5-4-6-10-15/h4-6,9-10,13-14H,3,7-8,11-12H2,1-2H3,(H,20,24). The molecule has 1 aliphatic heterocycles. The maximum Gasteiger partial charge on any atom is 0.270 e. The summed E-state index contributed by atoms with van der Waals surface area (Å²) in [7, 11) is 0. The van der Waals surface area contributed by atoms with Crippen LogP contribution >= 0.6 is 0 Å². The van der Waals surface area contributed by atoms with Crippen LogP contribution in [-0.2, 0) is 0 Å². The second kappa shape index (κ2) is 7.43. The van der Waals surface area contributed by atoms with Crippen molar-refractivity contribution in [2.45, 2.75) is 39.2 Å². The van der Waals surface area contributed by atoms with Crippen molar-refractivity contribution in [2.24, 2.45) is 0 Å². The van der Waals surface area contributed by atoms with Crippen molar-refractivity contribution in [1.29, 1.82) is 0 Å². The van der Waals surface area contributed by atoms with Crippen LogP contribution in [0, 0.1) is 0 Å². The minimum absolute atomic E-state index is 0.128. The smallest absolute Gasteiger partial charge is 0.270 e. The summed E-state index contributed by atoms with van der Waals surface area (Å²) < 4.78 is 0. The van der Waals surface area contributed by atoms with Crippen LogP contribution in [0.1, 0.15) is 43.6 Å². The number of nitrogens with zero attached hydrogens (tertiary/aromatic N) is 3. The molecule has 1 N–H and O–H groups in total. The van der Waals surface area contributed by atoms with E-state index in [1.165, 1.54) is 12.8 Å². The Balaban J connectivity index is 1.98. The van der Waals surface area contributed by atoms with E-state index < -0.39 is 0 Å². The summed E-state index contributed by atoms with van der Waals surface area (Å²) in [6, 6.07) is 11.8. The molecule has 1 aromatic heterocycles. The van der Waals surface area contributed by atoms with Gasteiger partial charge in [0.25, 0.3) is 5.91 Å². The molecule has 1 amide bonds. The predicted octanol–water partition coefficient (Wildman–Crippen LogP) is 3.27. The summed E-state index contributed by atoms with van der Waals surface area (Å²) in [6.45, 7) is 6.02. The first-order valence-electron chi connectivity index (χ1n) is 8.67. The maximum absolute atomic E-state index is 12.5. The van der Waals surface area contributed by atoms with E-state index in [4.69, 9.17) is 4.98 Å². The van der Waals surface area contributed by atoms with Gasteiger partial charge in [0.2, 0.25) is 0 Å². The van der Waals surface area contributed by atoms with Crippen molar-refractivity contribution in [3.05, 3.63) is 42.1 Å². The van der Waals surface area contributed by atoms with Gasteiger partial charge in [0, 0.05) is 30.8 Å². The van der Waals surface area contributed by atoms with Gasteiger partial charge in [-0.05, 0) is 26.2 Å². The van der Waals surface area contributed by atoms with Gasteiger partial charge in [-0.15, -0.1) is 0 Å². The van der Waals surface area contributed by atoms with Crippen LogP contribution in [0.3, 0.4) is 0 Å². The van der Waals surface area contributed by atoms with Gasteiger partial charge in [0.15, 0.2) is 5.82 Å². The zero-order chi connectivity index (χ0) is 16.9. The highest BCUT2D eigenvalue weighted by atomic mass is 16.1. The molecule has 1 aromatic carbocycles. The monoisotopic (exact) mass is 324 g/mol. The molecule has 0 radical (unpaired) electrons. The summed E-state index contributed by atoms with van der Waals surface area (Å²) in [4.78, 5) is 24.0. The highest BCUT2D eigenvalue weighted by Crippen LogP contribution is 2.23. The minimum Gasteiger partial charge on any atom is -0.356 e. The van der Waals surface area contributed by atoms with Gasteiger partial charge in [-0.2, -0.15) is 0 Å². The van der Waals surface area contributed by atoms with Gasteiger partial charge in [-0.25, -0.2) is 9.97 Å². The largest absolute Gasteiger partial charge is 0.356 e.